The van der Waals surface area contributed by atoms with Gasteiger partial charge in [0.1, 0.15) is 5.76 Å². The molecule has 0 fully saturated rings. The summed E-state index contributed by atoms with van der Waals surface area (Å²) in [6.45, 7) is 5.28. The lowest BCUT2D eigenvalue weighted by Crippen LogP contribution is -2.20. The van der Waals surface area contributed by atoms with Crippen molar-refractivity contribution >= 4 is 11.6 Å². The van der Waals surface area contributed by atoms with Crippen LogP contribution >= 0.6 is 11.6 Å². The molecule has 1 aromatic rings. The molecular weight excluding hydrogens is 186 g/mol. The van der Waals surface area contributed by atoms with Crippen LogP contribution in [0.1, 0.15) is 25.5 Å². The van der Waals surface area contributed by atoms with E-state index in [0.29, 0.717) is 17.1 Å². The first kappa shape index (κ1) is 10.6. The highest BCUT2D eigenvalue weighted by atomic mass is 35.5. The average Bonchev–Trinajstić information content (AvgIpc) is 2.46. The molecule has 0 radical (unpaired) electrons. The smallest absolute Gasteiger partial charge is 0.193 e. The standard InChI is InChI=1S/C10H16ClNO/c1-7(2)8(6-12-3)9-4-5-10(11)13-9/h4-5,7-8,12H,6H2,1-3H3. The van der Waals surface area contributed by atoms with Gasteiger partial charge in [0, 0.05) is 12.5 Å². The number of hydrogen-bond donors (Lipinski definition) is 1. The highest BCUT2D eigenvalue weighted by Crippen LogP contribution is 2.27. The molecule has 13 heavy (non-hydrogen) atoms. The van der Waals surface area contributed by atoms with Crippen LogP contribution in [0.3, 0.4) is 0 Å². The number of rotatable bonds is 4. The van der Waals surface area contributed by atoms with Crippen molar-refractivity contribution in [2.45, 2.75) is 19.8 Å². The Hall–Kier alpha value is -0.470. The molecule has 3 heteroatoms. The maximum Gasteiger partial charge on any atom is 0.193 e. The molecule has 1 N–H and O–H groups in total. The zero-order valence-electron chi connectivity index (χ0n) is 8.30. The van der Waals surface area contributed by atoms with Crippen LogP contribution in [0.2, 0.25) is 5.22 Å². The van der Waals surface area contributed by atoms with Gasteiger partial charge in [-0.05, 0) is 36.7 Å². The van der Waals surface area contributed by atoms with Crippen molar-refractivity contribution in [2.24, 2.45) is 5.92 Å². The van der Waals surface area contributed by atoms with E-state index >= 15 is 0 Å². The van der Waals surface area contributed by atoms with Crippen molar-refractivity contribution in [3.8, 4) is 0 Å². The minimum absolute atomic E-state index is 0.400. The molecule has 0 aliphatic carbocycles. The Labute approximate surface area is 84.3 Å². The fourth-order valence-corrected chi connectivity index (χ4v) is 1.56. The van der Waals surface area contributed by atoms with Gasteiger partial charge in [0.15, 0.2) is 5.22 Å². The van der Waals surface area contributed by atoms with E-state index in [1.165, 1.54) is 0 Å². The van der Waals surface area contributed by atoms with Crippen LogP contribution in [0.4, 0.5) is 0 Å². The Balaban J connectivity index is 2.75. The summed E-state index contributed by atoms with van der Waals surface area (Å²) >= 11 is 5.72. The first-order valence-corrected chi connectivity index (χ1v) is 4.92. The van der Waals surface area contributed by atoms with Gasteiger partial charge in [-0.1, -0.05) is 13.8 Å². The molecule has 0 aliphatic rings. The normalized spacial score (nSPS) is 13.6. The Bertz CT molecular complexity index is 257. The maximum absolute atomic E-state index is 5.72. The number of halogens is 1. The largest absolute Gasteiger partial charge is 0.449 e. The molecule has 0 aromatic carbocycles. The zero-order valence-corrected chi connectivity index (χ0v) is 9.06. The summed E-state index contributed by atoms with van der Waals surface area (Å²) in [6, 6.07) is 3.74. The summed E-state index contributed by atoms with van der Waals surface area (Å²) in [5, 5.41) is 3.62. The lowest BCUT2D eigenvalue weighted by Gasteiger charge is -2.17. The molecule has 0 saturated carbocycles. The Morgan fingerprint density at radius 1 is 1.46 bits per heavy atom. The maximum atomic E-state index is 5.72. The Kier molecular flexibility index (Phi) is 3.82. The zero-order chi connectivity index (χ0) is 9.84. The third-order valence-corrected chi connectivity index (χ3v) is 2.39. The molecule has 1 aromatic heterocycles. The van der Waals surface area contributed by atoms with Crippen LogP contribution < -0.4 is 5.32 Å². The van der Waals surface area contributed by atoms with Crippen molar-refractivity contribution in [1.82, 2.24) is 5.32 Å². The van der Waals surface area contributed by atoms with E-state index in [1.54, 1.807) is 6.07 Å². The van der Waals surface area contributed by atoms with Gasteiger partial charge in [0.2, 0.25) is 0 Å². The predicted octanol–water partition coefficient (Wildman–Crippen LogP) is 2.89. The SMILES string of the molecule is CNCC(c1ccc(Cl)o1)C(C)C. The van der Waals surface area contributed by atoms with Crippen LogP contribution in [0.5, 0.6) is 0 Å². The lowest BCUT2D eigenvalue weighted by molar-refractivity contribution is 0.387. The van der Waals surface area contributed by atoms with E-state index in [-0.39, 0.29) is 0 Å². The molecule has 0 bridgehead atoms. The summed E-state index contributed by atoms with van der Waals surface area (Å²) in [5.74, 6) is 1.92. The summed E-state index contributed by atoms with van der Waals surface area (Å²) < 4.78 is 5.38. The van der Waals surface area contributed by atoms with E-state index in [4.69, 9.17) is 16.0 Å². The predicted molar refractivity (Wildman–Crippen MR) is 55.2 cm³/mol. The van der Waals surface area contributed by atoms with Gasteiger partial charge < -0.3 is 9.73 Å². The third-order valence-electron chi connectivity index (χ3n) is 2.19. The van der Waals surface area contributed by atoms with Crippen LogP contribution in [-0.2, 0) is 0 Å². The summed E-state index contributed by atoms with van der Waals surface area (Å²) in [4.78, 5) is 0. The van der Waals surface area contributed by atoms with Crippen LogP contribution in [0, 0.1) is 5.92 Å². The minimum atomic E-state index is 0.400. The molecule has 1 rings (SSSR count). The van der Waals surface area contributed by atoms with Gasteiger partial charge in [0.25, 0.3) is 0 Å². The number of hydrogen-bond acceptors (Lipinski definition) is 2. The first-order valence-electron chi connectivity index (χ1n) is 4.55. The summed E-state index contributed by atoms with van der Waals surface area (Å²) in [7, 11) is 1.94. The van der Waals surface area contributed by atoms with E-state index < -0.39 is 0 Å². The Morgan fingerprint density at radius 2 is 2.15 bits per heavy atom. The number of likely N-dealkylation sites (N-methyl/N-ethyl adjacent to an activating group) is 1. The van der Waals surface area contributed by atoms with Crippen LogP contribution in [0.15, 0.2) is 16.5 Å². The van der Waals surface area contributed by atoms with E-state index in [9.17, 15) is 0 Å². The van der Waals surface area contributed by atoms with E-state index in [0.717, 1.165) is 12.3 Å². The number of nitrogens with one attached hydrogen (secondary N) is 1. The summed E-state index contributed by atoms with van der Waals surface area (Å²) in [6.07, 6.45) is 0. The van der Waals surface area contributed by atoms with Gasteiger partial charge in [-0.2, -0.15) is 0 Å². The van der Waals surface area contributed by atoms with Gasteiger partial charge in [-0.15, -0.1) is 0 Å². The van der Waals surface area contributed by atoms with Gasteiger partial charge in [-0.25, -0.2) is 0 Å². The molecule has 1 heterocycles. The fraction of sp³-hybridized carbons (Fsp3) is 0.600. The highest BCUT2D eigenvalue weighted by molar-refractivity contribution is 6.28. The first-order chi connectivity index (χ1) is 6.15. The Morgan fingerprint density at radius 3 is 2.54 bits per heavy atom. The molecule has 1 unspecified atom stereocenters. The van der Waals surface area contributed by atoms with E-state index in [2.05, 4.69) is 19.2 Å². The van der Waals surface area contributed by atoms with E-state index in [1.807, 2.05) is 13.1 Å². The van der Waals surface area contributed by atoms with Crippen LogP contribution in [-0.4, -0.2) is 13.6 Å². The van der Waals surface area contributed by atoms with Gasteiger partial charge in [0.05, 0.1) is 0 Å². The summed E-state index contributed by atoms with van der Waals surface area (Å²) in [5.41, 5.74) is 0. The van der Waals surface area contributed by atoms with Gasteiger partial charge in [-0.3, -0.25) is 0 Å². The molecule has 0 aliphatic heterocycles. The second-order valence-electron chi connectivity index (χ2n) is 3.55. The van der Waals surface area contributed by atoms with Crippen molar-refractivity contribution in [3.05, 3.63) is 23.1 Å². The molecule has 0 saturated heterocycles. The molecule has 0 spiro atoms. The monoisotopic (exact) mass is 201 g/mol. The minimum Gasteiger partial charge on any atom is -0.449 e. The molecule has 2 nitrogen and oxygen atoms in total. The molecule has 0 amide bonds. The van der Waals surface area contributed by atoms with Crippen molar-refractivity contribution in [2.75, 3.05) is 13.6 Å². The van der Waals surface area contributed by atoms with Crippen molar-refractivity contribution in [1.29, 1.82) is 0 Å². The third kappa shape index (κ3) is 2.75. The average molecular weight is 202 g/mol. The number of furan rings is 1. The van der Waals surface area contributed by atoms with Crippen molar-refractivity contribution in [3.63, 3.8) is 0 Å². The fourth-order valence-electron chi connectivity index (χ4n) is 1.41. The van der Waals surface area contributed by atoms with Crippen LogP contribution in [0.25, 0.3) is 0 Å². The van der Waals surface area contributed by atoms with Crippen molar-refractivity contribution < 1.29 is 4.42 Å². The lowest BCUT2D eigenvalue weighted by atomic mass is 9.93. The quantitative estimate of drug-likeness (QED) is 0.811. The second-order valence-corrected chi connectivity index (χ2v) is 3.92. The highest BCUT2D eigenvalue weighted by Gasteiger charge is 2.18. The second kappa shape index (κ2) is 4.68. The molecule has 74 valence electrons. The van der Waals surface area contributed by atoms with Gasteiger partial charge >= 0.3 is 0 Å². The molecular formula is C10H16ClNO. The topological polar surface area (TPSA) is 25.2 Å². The molecule has 1 atom stereocenters.